The van der Waals surface area contributed by atoms with E-state index in [1.54, 1.807) is 0 Å². The van der Waals surface area contributed by atoms with Crippen LogP contribution in [0.25, 0.3) is 5.78 Å². The Hall–Kier alpha value is -2.35. The molecule has 2 aromatic heterocycles. The van der Waals surface area contributed by atoms with Crippen molar-refractivity contribution in [2.75, 3.05) is 0 Å². The van der Waals surface area contributed by atoms with Gasteiger partial charge in [-0.3, -0.25) is 0 Å². The number of ether oxygens (including phenoxy) is 1. The van der Waals surface area contributed by atoms with Crippen LogP contribution >= 0.6 is 11.6 Å². The van der Waals surface area contributed by atoms with Gasteiger partial charge in [0.2, 0.25) is 5.88 Å². The molecule has 0 radical (unpaired) electrons. The lowest BCUT2D eigenvalue weighted by molar-refractivity contribution is -0.137. The SMILES string of the molecule is FC(F)(F)c1cccc(Oc2cc(Cl)nc3ncnn23)c1. The van der Waals surface area contributed by atoms with Crippen LogP contribution in [-0.2, 0) is 6.18 Å². The van der Waals surface area contributed by atoms with E-state index in [1.165, 1.54) is 29.0 Å². The number of hydrogen-bond acceptors (Lipinski definition) is 4. The zero-order valence-corrected chi connectivity index (χ0v) is 10.9. The van der Waals surface area contributed by atoms with E-state index >= 15 is 0 Å². The molecule has 0 saturated heterocycles. The summed E-state index contributed by atoms with van der Waals surface area (Å²) >= 11 is 5.80. The van der Waals surface area contributed by atoms with Gasteiger partial charge in [-0.15, -0.1) is 0 Å². The number of benzene rings is 1. The summed E-state index contributed by atoms with van der Waals surface area (Å²) in [4.78, 5) is 7.72. The monoisotopic (exact) mass is 314 g/mol. The maximum absolute atomic E-state index is 12.7. The van der Waals surface area contributed by atoms with E-state index in [4.69, 9.17) is 16.3 Å². The summed E-state index contributed by atoms with van der Waals surface area (Å²) in [7, 11) is 0. The van der Waals surface area contributed by atoms with Crippen molar-refractivity contribution in [3.63, 3.8) is 0 Å². The Balaban J connectivity index is 2.01. The molecular weight excluding hydrogens is 309 g/mol. The van der Waals surface area contributed by atoms with Crippen LogP contribution in [0.4, 0.5) is 13.2 Å². The molecule has 0 unspecified atom stereocenters. The van der Waals surface area contributed by atoms with Crippen molar-refractivity contribution in [1.29, 1.82) is 0 Å². The molecule has 0 N–H and O–H groups in total. The minimum atomic E-state index is -4.45. The average Bonchev–Trinajstić information content (AvgIpc) is 2.86. The van der Waals surface area contributed by atoms with Crippen molar-refractivity contribution in [2.45, 2.75) is 6.18 Å². The van der Waals surface area contributed by atoms with Crippen molar-refractivity contribution >= 4 is 17.4 Å². The van der Waals surface area contributed by atoms with Gasteiger partial charge in [0.25, 0.3) is 5.78 Å². The molecule has 2 heterocycles. The average molecular weight is 315 g/mol. The molecule has 108 valence electrons. The maximum Gasteiger partial charge on any atom is 0.416 e. The second kappa shape index (κ2) is 4.88. The highest BCUT2D eigenvalue weighted by molar-refractivity contribution is 6.29. The first-order chi connectivity index (χ1) is 9.93. The number of aromatic nitrogens is 4. The third-order valence-corrected chi connectivity index (χ3v) is 2.77. The second-order valence-corrected chi connectivity index (χ2v) is 4.40. The van der Waals surface area contributed by atoms with Gasteiger partial charge in [0, 0.05) is 6.07 Å². The fourth-order valence-electron chi connectivity index (χ4n) is 1.69. The van der Waals surface area contributed by atoms with Crippen molar-refractivity contribution in [3.8, 4) is 11.6 Å². The molecule has 0 aliphatic heterocycles. The lowest BCUT2D eigenvalue weighted by Gasteiger charge is -2.10. The van der Waals surface area contributed by atoms with Crippen molar-refractivity contribution in [3.05, 3.63) is 47.4 Å². The summed E-state index contributed by atoms with van der Waals surface area (Å²) in [6, 6.07) is 5.82. The van der Waals surface area contributed by atoms with Crippen molar-refractivity contribution in [2.24, 2.45) is 0 Å². The summed E-state index contributed by atoms with van der Waals surface area (Å²) < 4.78 is 44.6. The Kier molecular flexibility index (Phi) is 3.17. The molecule has 0 bridgehead atoms. The van der Waals surface area contributed by atoms with E-state index < -0.39 is 11.7 Å². The van der Waals surface area contributed by atoms with Gasteiger partial charge in [-0.2, -0.15) is 32.8 Å². The molecule has 0 saturated carbocycles. The lowest BCUT2D eigenvalue weighted by atomic mass is 10.2. The molecule has 3 rings (SSSR count). The smallest absolute Gasteiger partial charge is 0.416 e. The van der Waals surface area contributed by atoms with Crippen LogP contribution in [0.2, 0.25) is 5.15 Å². The number of rotatable bonds is 2. The molecule has 21 heavy (non-hydrogen) atoms. The van der Waals surface area contributed by atoms with Gasteiger partial charge in [-0.25, -0.2) is 0 Å². The van der Waals surface area contributed by atoms with Crippen LogP contribution in [-0.4, -0.2) is 19.6 Å². The van der Waals surface area contributed by atoms with E-state index in [0.29, 0.717) is 0 Å². The van der Waals surface area contributed by atoms with Crippen molar-refractivity contribution < 1.29 is 17.9 Å². The minimum Gasteiger partial charge on any atom is -0.439 e. The van der Waals surface area contributed by atoms with Gasteiger partial charge in [-0.05, 0) is 18.2 Å². The number of halogens is 4. The maximum atomic E-state index is 12.7. The second-order valence-electron chi connectivity index (χ2n) is 4.02. The third-order valence-electron chi connectivity index (χ3n) is 2.57. The molecule has 5 nitrogen and oxygen atoms in total. The normalized spacial score (nSPS) is 11.8. The van der Waals surface area contributed by atoms with Crippen molar-refractivity contribution in [1.82, 2.24) is 19.6 Å². The van der Waals surface area contributed by atoms with E-state index in [0.717, 1.165) is 12.1 Å². The summed E-state index contributed by atoms with van der Waals surface area (Å²) in [6.45, 7) is 0. The highest BCUT2D eigenvalue weighted by Crippen LogP contribution is 2.32. The van der Waals surface area contributed by atoms with Gasteiger partial charge in [0.05, 0.1) is 5.56 Å². The van der Waals surface area contributed by atoms with Crippen LogP contribution in [0.5, 0.6) is 11.6 Å². The van der Waals surface area contributed by atoms with E-state index in [1.807, 2.05) is 0 Å². The first kappa shape index (κ1) is 13.6. The fourth-order valence-corrected chi connectivity index (χ4v) is 1.86. The number of hydrogen-bond donors (Lipinski definition) is 0. The van der Waals surface area contributed by atoms with E-state index in [-0.39, 0.29) is 22.6 Å². The van der Waals surface area contributed by atoms with Gasteiger partial charge < -0.3 is 4.74 Å². The fraction of sp³-hybridized carbons (Fsp3) is 0.0833. The Morgan fingerprint density at radius 1 is 1.19 bits per heavy atom. The minimum absolute atomic E-state index is 0.00360. The van der Waals surface area contributed by atoms with Crippen LogP contribution in [0.1, 0.15) is 5.56 Å². The lowest BCUT2D eigenvalue weighted by Crippen LogP contribution is -2.05. The molecule has 3 aromatic rings. The molecule has 0 atom stereocenters. The van der Waals surface area contributed by atoms with Gasteiger partial charge in [0.15, 0.2) is 0 Å². The Labute approximate surface area is 121 Å². The van der Waals surface area contributed by atoms with Crippen LogP contribution < -0.4 is 4.74 Å². The molecule has 0 spiro atoms. The molecule has 0 fully saturated rings. The van der Waals surface area contributed by atoms with Crippen LogP contribution in [0, 0.1) is 0 Å². The summed E-state index contributed by atoms with van der Waals surface area (Å²) in [5.74, 6) is 0.301. The number of fused-ring (bicyclic) bond motifs is 1. The zero-order valence-electron chi connectivity index (χ0n) is 10.2. The van der Waals surface area contributed by atoms with Gasteiger partial charge >= 0.3 is 6.18 Å². The third kappa shape index (κ3) is 2.75. The summed E-state index contributed by atoms with van der Waals surface area (Å²) in [6.07, 6.45) is -3.21. The predicted octanol–water partition coefficient (Wildman–Crippen LogP) is 3.59. The highest BCUT2D eigenvalue weighted by atomic mass is 35.5. The first-order valence-electron chi connectivity index (χ1n) is 5.65. The Morgan fingerprint density at radius 3 is 2.76 bits per heavy atom. The summed E-state index contributed by atoms with van der Waals surface area (Å²) in [5.41, 5.74) is -0.810. The van der Waals surface area contributed by atoms with Gasteiger partial charge in [-0.1, -0.05) is 17.7 Å². The molecule has 9 heteroatoms. The quantitative estimate of drug-likeness (QED) is 0.678. The molecule has 0 aliphatic rings. The molecule has 0 amide bonds. The molecule has 0 aliphatic carbocycles. The number of alkyl halides is 3. The predicted molar refractivity (Wildman–Crippen MR) is 67.3 cm³/mol. The molecule has 1 aromatic carbocycles. The van der Waals surface area contributed by atoms with Crippen LogP contribution in [0.15, 0.2) is 36.7 Å². The Bertz CT molecular complexity index is 803. The van der Waals surface area contributed by atoms with E-state index in [9.17, 15) is 13.2 Å². The van der Waals surface area contributed by atoms with Crippen LogP contribution in [0.3, 0.4) is 0 Å². The number of nitrogens with zero attached hydrogens (tertiary/aromatic N) is 4. The topological polar surface area (TPSA) is 52.3 Å². The summed E-state index contributed by atoms with van der Waals surface area (Å²) in [5, 5.41) is 3.96. The first-order valence-corrected chi connectivity index (χ1v) is 6.03. The Morgan fingerprint density at radius 2 is 2.00 bits per heavy atom. The standard InChI is InChI=1S/C12H6ClF3N4O/c13-9-5-10(20-11(19-9)17-6-18-20)21-8-3-1-2-7(4-8)12(14,15)16/h1-6H. The largest absolute Gasteiger partial charge is 0.439 e. The highest BCUT2D eigenvalue weighted by Gasteiger charge is 2.30. The van der Waals surface area contributed by atoms with Gasteiger partial charge in [0.1, 0.15) is 17.2 Å². The zero-order chi connectivity index (χ0) is 15.0. The van der Waals surface area contributed by atoms with E-state index in [2.05, 4.69) is 15.1 Å². The molecular formula is C12H6ClF3N4O.